The predicted octanol–water partition coefficient (Wildman–Crippen LogP) is 1.73. The number of aromatic nitrogens is 2. The van der Waals surface area contributed by atoms with Gasteiger partial charge in [-0.15, -0.1) is 0 Å². The van der Waals surface area contributed by atoms with Gasteiger partial charge >= 0.3 is 0 Å². The van der Waals surface area contributed by atoms with E-state index in [0.717, 1.165) is 0 Å². The Morgan fingerprint density at radius 3 is 2.65 bits per heavy atom. The topological polar surface area (TPSA) is 72.0 Å². The fourth-order valence-corrected chi connectivity index (χ4v) is 2.55. The van der Waals surface area contributed by atoms with E-state index in [1.807, 2.05) is 0 Å². The highest BCUT2D eigenvalue weighted by atomic mass is 35.5. The van der Waals surface area contributed by atoms with Gasteiger partial charge in [0.25, 0.3) is 10.0 Å². The average molecular weight is 269 g/mol. The van der Waals surface area contributed by atoms with Crippen molar-refractivity contribution in [1.29, 1.82) is 0 Å². The third-order valence-corrected chi connectivity index (χ3v) is 3.67. The number of sulfonamides is 1. The average Bonchev–Trinajstić information content (AvgIpc) is 2.30. The summed E-state index contributed by atoms with van der Waals surface area (Å²) in [5.74, 6) is -0.00702. The maximum atomic E-state index is 11.9. The van der Waals surface area contributed by atoms with Crippen LogP contribution < -0.4 is 4.72 Å². The number of hydrogen-bond donors (Lipinski definition) is 1. The van der Waals surface area contributed by atoms with Crippen molar-refractivity contribution >= 4 is 27.6 Å². The first-order valence-electron chi connectivity index (χ1n) is 4.55. The molecule has 1 radical (unpaired) electrons. The van der Waals surface area contributed by atoms with E-state index in [2.05, 4.69) is 20.8 Å². The second-order valence-corrected chi connectivity index (χ2v) is 5.09. The molecule has 0 aliphatic heterocycles. The molecule has 2 rings (SSSR count). The summed E-state index contributed by atoms with van der Waals surface area (Å²) >= 11 is 5.80. The van der Waals surface area contributed by atoms with Crippen LogP contribution in [0.5, 0.6) is 0 Å². The molecule has 0 bridgehead atoms. The van der Waals surface area contributed by atoms with E-state index in [9.17, 15) is 8.42 Å². The predicted molar refractivity (Wildman–Crippen MR) is 63.1 cm³/mol. The first-order chi connectivity index (χ1) is 8.09. The smallest absolute Gasteiger partial charge is 0.247 e. The molecule has 87 valence electrons. The summed E-state index contributed by atoms with van der Waals surface area (Å²) in [6, 6.07) is 8.49. The van der Waals surface area contributed by atoms with Crippen LogP contribution in [0.25, 0.3) is 0 Å². The maximum absolute atomic E-state index is 11.9. The van der Waals surface area contributed by atoms with E-state index < -0.39 is 10.0 Å². The van der Waals surface area contributed by atoms with Crippen LogP contribution in [0.2, 0.25) is 5.02 Å². The van der Waals surface area contributed by atoms with Crippen molar-refractivity contribution < 1.29 is 8.42 Å². The van der Waals surface area contributed by atoms with Crippen LogP contribution in [0.1, 0.15) is 0 Å². The van der Waals surface area contributed by atoms with Crippen LogP contribution in [-0.4, -0.2) is 18.4 Å². The lowest BCUT2D eigenvalue weighted by Crippen LogP contribution is -2.15. The highest BCUT2D eigenvalue weighted by molar-refractivity contribution is 7.92. The summed E-state index contributed by atoms with van der Waals surface area (Å²) < 4.78 is 26.1. The van der Waals surface area contributed by atoms with E-state index in [1.54, 1.807) is 6.07 Å². The van der Waals surface area contributed by atoms with Crippen LogP contribution >= 0.6 is 11.6 Å². The molecule has 0 amide bonds. The highest BCUT2D eigenvalue weighted by Crippen LogP contribution is 2.21. The Kier molecular flexibility index (Phi) is 3.26. The molecule has 0 aliphatic carbocycles. The number of benzene rings is 1. The van der Waals surface area contributed by atoms with Gasteiger partial charge in [0.15, 0.2) is 0 Å². The summed E-state index contributed by atoms with van der Waals surface area (Å²) in [4.78, 5) is 7.47. The lowest BCUT2D eigenvalue weighted by molar-refractivity contribution is 0.601. The summed E-state index contributed by atoms with van der Waals surface area (Å²) in [5.41, 5.74) is 0. The molecule has 0 saturated carbocycles. The Balaban J connectivity index is 2.36. The van der Waals surface area contributed by atoms with Gasteiger partial charge in [0.05, 0.1) is 5.02 Å². The molecule has 7 heteroatoms. The van der Waals surface area contributed by atoms with Gasteiger partial charge in [0.2, 0.25) is 5.95 Å². The number of anilines is 1. The Labute approximate surface area is 104 Å². The molecule has 0 aliphatic rings. The molecular weight excluding hydrogens is 262 g/mol. The Bertz CT molecular complexity index is 616. The number of hydrogen-bond acceptors (Lipinski definition) is 4. The molecule has 1 aromatic carbocycles. The lowest BCUT2D eigenvalue weighted by atomic mass is 10.4. The molecule has 1 aromatic heterocycles. The molecule has 0 fully saturated rings. The lowest BCUT2D eigenvalue weighted by Gasteiger charge is -2.06. The number of nitrogens with one attached hydrogen (secondary N) is 1. The molecule has 0 unspecified atom stereocenters. The van der Waals surface area contributed by atoms with Crippen LogP contribution in [0.15, 0.2) is 41.6 Å². The Hall–Kier alpha value is -1.66. The van der Waals surface area contributed by atoms with E-state index in [0.29, 0.717) is 0 Å². The minimum absolute atomic E-state index is 0.00702. The number of nitrogens with zero attached hydrogens (tertiary/aromatic N) is 2. The molecule has 1 N–H and O–H groups in total. The zero-order chi connectivity index (χ0) is 12.3. The molecule has 0 saturated heterocycles. The summed E-state index contributed by atoms with van der Waals surface area (Å²) in [6.45, 7) is 0. The Morgan fingerprint density at radius 2 is 2.00 bits per heavy atom. The fraction of sp³-hybridized carbons (Fsp3) is 0. The van der Waals surface area contributed by atoms with Crippen molar-refractivity contribution in [2.75, 3.05) is 4.72 Å². The summed E-state index contributed by atoms with van der Waals surface area (Å²) in [5, 5.41) is 0.118. The van der Waals surface area contributed by atoms with Gasteiger partial charge in [0, 0.05) is 12.4 Å². The largest absolute Gasteiger partial charge is 0.265 e. The van der Waals surface area contributed by atoms with E-state index in [4.69, 9.17) is 11.6 Å². The van der Waals surface area contributed by atoms with Gasteiger partial charge in [-0.05, 0) is 24.3 Å². The van der Waals surface area contributed by atoms with E-state index in [1.165, 1.54) is 30.6 Å². The third kappa shape index (κ3) is 2.72. The van der Waals surface area contributed by atoms with Gasteiger partial charge in [0.1, 0.15) is 4.90 Å². The minimum Gasteiger partial charge on any atom is -0.247 e. The first kappa shape index (κ1) is 11.8. The Morgan fingerprint density at radius 1 is 1.29 bits per heavy atom. The van der Waals surface area contributed by atoms with Crippen molar-refractivity contribution in [1.82, 2.24) is 9.97 Å². The van der Waals surface area contributed by atoms with Crippen molar-refractivity contribution in [2.24, 2.45) is 0 Å². The van der Waals surface area contributed by atoms with Gasteiger partial charge in [-0.25, -0.2) is 23.1 Å². The number of halogens is 1. The number of rotatable bonds is 3. The summed E-state index contributed by atoms with van der Waals surface area (Å²) in [6.07, 6.45) is 2.87. The third-order valence-electron chi connectivity index (χ3n) is 1.86. The van der Waals surface area contributed by atoms with E-state index >= 15 is 0 Å². The zero-order valence-electron chi connectivity index (χ0n) is 8.46. The fourth-order valence-electron chi connectivity index (χ4n) is 1.13. The normalized spacial score (nSPS) is 11.1. The molecule has 17 heavy (non-hydrogen) atoms. The molecule has 1 heterocycles. The van der Waals surface area contributed by atoms with Crippen molar-refractivity contribution in [2.45, 2.75) is 4.90 Å². The van der Waals surface area contributed by atoms with Gasteiger partial charge in [-0.1, -0.05) is 17.7 Å². The highest BCUT2D eigenvalue weighted by Gasteiger charge is 2.18. The molecular formula is C10H7ClN3O2S. The van der Waals surface area contributed by atoms with Crippen molar-refractivity contribution in [3.05, 3.63) is 47.7 Å². The van der Waals surface area contributed by atoms with Gasteiger partial charge in [-0.3, -0.25) is 0 Å². The molecule has 2 aromatic rings. The van der Waals surface area contributed by atoms with Crippen LogP contribution in [-0.2, 0) is 10.0 Å². The van der Waals surface area contributed by atoms with E-state index in [-0.39, 0.29) is 15.9 Å². The molecule has 0 spiro atoms. The summed E-state index contributed by atoms with van der Waals surface area (Å²) in [7, 11) is -3.78. The maximum Gasteiger partial charge on any atom is 0.265 e. The van der Waals surface area contributed by atoms with Crippen LogP contribution in [0, 0.1) is 6.07 Å². The molecule has 5 nitrogen and oxygen atoms in total. The zero-order valence-corrected chi connectivity index (χ0v) is 10.0. The van der Waals surface area contributed by atoms with Crippen LogP contribution in [0.4, 0.5) is 5.95 Å². The monoisotopic (exact) mass is 268 g/mol. The van der Waals surface area contributed by atoms with Crippen molar-refractivity contribution in [3.63, 3.8) is 0 Å². The molecule has 0 atom stereocenters. The SMILES string of the molecule is O=S(=O)(Nc1ncccn1)c1c[c]ccc1Cl. The first-order valence-corrected chi connectivity index (χ1v) is 6.41. The quantitative estimate of drug-likeness (QED) is 0.920. The van der Waals surface area contributed by atoms with Gasteiger partial charge < -0.3 is 0 Å². The van der Waals surface area contributed by atoms with Crippen molar-refractivity contribution in [3.8, 4) is 0 Å². The minimum atomic E-state index is -3.78. The van der Waals surface area contributed by atoms with Crippen LogP contribution in [0.3, 0.4) is 0 Å². The van der Waals surface area contributed by atoms with Gasteiger partial charge in [-0.2, -0.15) is 0 Å². The second kappa shape index (κ2) is 4.68. The second-order valence-electron chi connectivity index (χ2n) is 3.03. The standard InChI is InChI=1S/C10H7ClN3O2S/c11-8-4-1-2-5-9(8)17(15,16)14-10-12-6-3-7-13-10/h1,3-7H,(H,12,13,14).